The highest BCUT2D eigenvalue weighted by Gasteiger charge is 2.08. The van der Waals surface area contributed by atoms with Crippen LogP contribution in [0.25, 0.3) is 11.4 Å². The Labute approximate surface area is 109 Å². The SMILES string of the molecule is CCc1nc(-c2cccc(CSC(N)=O)c2)no1. The molecule has 0 fully saturated rings. The number of benzene rings is 1. The molecule has 0 saturated carbocycles. The number of hydrogen-bond donors (Lipinski definition) is 1. The minimum Gasteiger partial charge on any atom is -0.361 e. The molecule has 18 heavy (non-hydrogen) atoms. The van der Waals surface area contributed by atoms with E-state index in [1.807, 2.05) is 31.2 Å². The summed E-state index contributed by atoms with van der Waals surface area (Å²) in [6.07, 6.45) is 0.713. The normalized spacial score (nSPS) is 10.5. The highest BCUT2D eigenvalue weighted by atomic mass is 32.2. The lowest BCUT2D eigenvalue weighted by Crippen LogP contribution is -2.02. The molecule has 6 heteroatoms. The summed E-state index contributed by atoms with van der Waals surface area (Å²) in [7, 11) is 0. The summed E-state index contributed by atoms with van der Waals surface area (Å²) in [5.74, 6) is 1.72. The van der Waals surface area contributed by atoms with Gasteiger partial charge >= 0.3 is 0 Å². The quantitative estimate of drug-likeness (QED) is 0.916. The van der Waals surface area contributed by atoms with Crippen LogP contribution in [0.2, 0.25) is 0 Å². The molecule has 0 aliphatic heterocycles. The van der Waals surface area contributed by atoms with Crippen LogP contribution in [-0.4, -0.2) is 15.4 Å². The third-order valence-corrected chi connectivity index (χ3v) is 3.10. The molecule has 2 rings (SSSR count). The van der Waals surface area contributed by atoms with Crippen molar-refractivity contribution in [1.82, 2.24) is 10.1 Å². The second kappa shape index (κ2) is 5.68. The summed E-state index contributed by atoms with van der Waals surface area (Å²) < 4.78 is 5.07. The molecule has 0 aliphatic rings. The van der Waals surface area contributed by atoms with Crippen LogP contribution < -0.4 is 5.73 Å². The minimum atomic E-state index is -0.381. The molecule has 1 amide bonds. The van der Waals surface area contributed by atoms with Gasteiger partial charge in [0.05, 0.1) is 0 Å². The fourth-order valence-electron chi connectivity index (χ4n) is 1.47. The van der Waals surface area contributed by atoms with Crippen LogP contribution in [0.1, 0.15) is 18.4 Å². The molecule has 1 aromatic heterocycles. The number of thioether (sulfide) groups is 1. The Kier molecular flexibility index (Phi) is 3.99. The van der Waals surface area contributed by atoms with Gasteiger partial charge in [0.1, 0.15) is 0 Å². The maximum atomic E-state index is 10.7. The van der Waals surface area contributed by atoms with E-state index in [4.69, 9.17) is 10.3 Å². The number of primary amides is 1. The molecule has 94 valence electrons. The number of rotatable bonds is 4. The minimum absolute atomic E-state index is 0.381. The average Bonchev–Trinajstić information content (AvgIpc) is 2.85. The second-order valence-corrected chi connectivity index (χ2v) is 4.65. The van der Waals surface area contributed by atoms with Gasteiger partial charge < -0.3 is 10.3 Å². The molecule has 0 unspecified atom stereocenters. The average molecular weight is 263 g/mol. The van der Waals surface area contributed by atoms with E-state index in [1.165, 1.54) is 0 Å². The van der Waals surface area contributed by atoms with Crippen molar-refractivity contribution in [3.05, 3.63) is 35.7 Å². The molecule has 0 bridgehead atoms. The predicted molar refractivity (Wildman–Crippen MR) is 70.0 cm³/mol. The smallest absolute Gasteiger partial charge is 0.276 e. The van der Waals surface area contributed by atoms with Crippen molar-refractivity contribution in [1.29, 1.82) is 0 Å². The van der Waals surface area contributed by atoms with E-state index in [2.05, 4.69) is 10.1 Å². The zero-order valence-corrected chi connectivity index (χ0v) is 10.7. The van der Waals surface area contributed by atoms with Crippen LogP contribution in [-0.2, 0) is 12.2 Å². The summed E-state index contributed by atoms with van der Waals surface area (Å²) in [6.45, 7) is 1.96. The van der Waals surface area contributed by atoms with Gasteiger partial charge in [0.2, 0.25) is 11.7 Å². The number of hydrogen-bond acceptors (Lipinski definition) is 5. The molecule has 1 aromatic carbocycles. The van der Waals surface area contributed by atoms with Crippen molar-refractivity contribution in [2.45, 2.75) is 19.1 Å². The molecule has 0 aliphatic carbocycles. The van der Waals surface area contributed by atoms with Crippen LogP contribution in [0, 0.1) is 0 Å². The third-order valence-electron chi connectivity index (χ3n) is 2.34. The predicted octanol–water partition coefficient (Wildman–Crippen LogP) is 2.61. The summed E-state index contributed by atoms with van der Waals surface area (Å²) >= 11 is 1.07. The summed E-state index contributed by atoms with van der Waals surface area (Å²) in [5.41, 5.74) is 6.97. The van der Waals surface area contributed by atoms with Crippen molar-refractivity contribution in [3.8, 4) is 11.4 Å². The number of nitrogens with zero attached hydrogens (tertiary/aromatic N) is 2. The van der Waals surface area contributed by atoms with Gasteiger partial charge in [0.15, 0.2) is 0 Å². The number of carbonyl (C=O) groups excluding carboxylic acids is 1. The Hall–Kier alpha value is -1.82. The molecular weight excluding hydrogens is 250 g/mol. The van der Waals surface area contributed by atoms with Crippen molar-refractivity contribution in [2.75, 3.05) is 0 Å². The highest BCUT2D eigenvalue weighted by molar-refractivity contribution is 8.12. The monoisotopic (exact) mass is 263 g/mol. The van der Waals surface area contributed by atoms with Crippen LogP contribution in [0.3, 0.4) is 0 Å². The molecule has 0 radical (unpaired) electrons. The Morgan fingerprint density at radius 1 is 1.50 bits per heavy atom. The van der Waals surface area contributed by atoms with E-state index in [-0.39, 0.29) is 5.24 Å². The van der Waals surface area contributed by atoms with E-state index >= 15 is 0 Å². The first-order valence-electron chi connectivity index (χ1n) is 5.53. The van der Waals surface area contributed by atoms with Crippen molar-refractivity contribution < 1.29 is 9.32 Å². The molecule has 0 spiro atoms. The number of amides is 1. The zero-order chi connectivity index (χ0) is 13.0. The number of carbonyl (C=O) groups is 1. The van der Waals surface area contributed by atoms with E-state index in [0.717, 1.165) is 22.9 Å². The van der Waals surface area contributed by atoms with Crippen molar-refractivity contribution in [2.24, 2.45) is 5.73 Å². The summed E-state index contributed by atoms with van der Waals surface area (Å²) in [6, 6.07) is 7.66. The van der Waals surface area contributed by atoms with Gasteiger partial charge in [-0.15, -0.1) is 0 Å². The fraction of sp³-hybridized carbons (Fsp3) is 0.250. The Bertz CT molecular complexity index is 554. The van der Waals surface area contributed by atoms with E-state index in [0.29, 0.717) is 23.9 Å². The zero-order valence-electron chi connectivity index (χ0n) is 9.92. The standard InChI is InChI=1S/C12H13N3O2S/c1-2-10-14-11(15-17-10)9-5-3-4-8(6-9)7-18-12(13)16/h3-6H,2,7H2,1H3,(H2,13,16). The van der Waals surface area contributed by atoms with Crippen LogP contribution in [0.5, 0.6) is 0 Å². The first kappa shape index (κ1) is 12.6. The summed E-state index contributed by atoms with van der Waals surface area (Å²) in [4.78, 5) is 15.0. The number of aryl methyl sites for hydroxylation is 1. The van der Waals surface area contributed by atoms with Gasteiger partial charge in [-0.05, 0) is 11.6 Å². The lowest BCUT2D eigenvalue weighted by Gasteiger charge is -2.00. The molecule has 1 heterocycles. The maximum Gasteiger partial charge on any atom is 0.276 e. The first-order chi connectivity index (χ1) is 8.69. The topological polar surface area (TPSA) is 82.0 Å². The fourth-order valence-corrected chi connectivity index (χ4v) is 1.96. The van der Waals surface area contributed by atoms with Crippen molar-refractivity contribution >= 4 is 17.0 Å². The van der Waals surface area contributed by atoms with Gasteiger partial charge in [0.25, 0.3) is 5.24 Å². The molecule has 0 atom stereocenters. The Balaban J connectivity index is 2.18. The van der Waals surface area contributed by atoms with Gasteiger partial charge in [-0.3, -0.25) is 4.79 Å². The van der Waals surface area contributed by atoms with Crippen LogP contribution >= 0.6 is 11.8 Å². The van der Waals surface area contributed by atoms with E-state index < -0.39 is 0 Å². The van der Waals surface area contributed by atoms with Gasteiger partial charge in [-0.25, -0.2) is 0 Å². The van der Waals surface area contributed by atoms with Gasteiger partial charge in [-0.1, -0.05) is 42.0 Å². The second-order valence-electron chi connectivity index (χ2n) is 3.67. The highest BCUT2D eigenvalue weighted by Crippen LogP contribution is 2.20. The number of nitrogens with two attached hydrogens (primary N) is 1. The van der Waals surface area contributed by atoms with Gasteiger partial charge in [-0.2, -0.15) is 4.98 Å². The van der Waals surface area contributed by atoms with Gasteiger partial charge in [0, 0.05) is 17.7 Å². The lowest BCUT2D eigenvalue weighted by molar-refractivity contribution is 0.267. The first-order valence-corrected chi connectivity index (χ1v) is 6.51. The third kappa shape index (κ3) is 3.10. The van der Waals surface area contributed by atoms with E-state index in [9.17, 15) is 4.79 Å². The molecular formula is C12H13N3O2S. The lowest BCUT2D eigenvalue weighted by atomic mass is 10.1. The summed E-state index contributed by atoms with van der Waals surface area (Å²) in [5, 5.41) is 3.53. The van der Waals surface area contributed by atoms with Crippen LogP contribution in [0.15, 0.2) is 28.8 Å². The Morgan fingerprint density at radius 3 is 3.00 bits per heavy atom. The van der Waals surface area contributed by atoms with Crippen molar-refractivity contribution in [3.63, 3.8) is 0 Å². The molecule has 2 aromatic rings. The Morgan fingerprint density at radius 2 is 2.33 bits per heavy atom. The van der Waals surface area contributed by atoms with Crippen LogP contribution in [0.4, 0.5) is 4.79 Å². The largest absolute Gasteiger partial charge is 0.361 e. The van der Waals surface area contributed by atoms with E-state index in [1.54, 1.807) is 0 Å². The molecule has 2 N–H and O–H groups in total. The maximum absolute atomic E-state index is 10.7. The molecule has 5 nitrogen and oxygen atoms in total. The molecule has 0 saturated heterocycles. The number of aromatic nitrogens is 2.